The number of piperidine rings is 1. The maximum Gasteiger partial charge on any atom is 0.416 e. The van der Waals surface area contributed by atoms with E-state index in [0.717, 1.165) is 24.0 Å². The minimum absolute atomic E-state index is 0.110. The van der Waals surface area contributed by atoms with Crippen LogP contribution in [-0.4, -0.2) is 66.9 Å². The minimum atomic E-state index is -0.766. The van der Waals surface area contributed by atoms with Crippen molar-refractivity contribution in [3.63, 3.8) is 0 Å². The number of rotatable bonds is 8. The Balaban J connectivity index is 1.76. The van der Waals surface area contributed by atoms with Gasteiger partial charge in [0.05, 0.1) is 12.7 Å². The number of hydrogen-bond acceptors (Lipinski definition) is 8. The fourth-order valence-corrected chi connectivity index (χ4v) is 5.65. The molecule has 2 N–H and O–H groups in total. The second kappa shape index (κ2) is 14.5. The fourth-order valence-electron chi connectivity index (χ4n) is 5.65. The average Bonchev–Trinajstić information content (AvgIpc) is 3.39. The Labute approximate surface area is 290 Å². The third-order valence-corrected chi connectivity index (χ3v) is 8.05. The molecular weight excluding hydrogens is 622 g/mol. The van der Waals surface area contributed by atoms with Gasteiger partial charge in [-0.15, -0.1) is 0 Å². The Bertz CT molecular complexity index is 1700. The van der Waals surface area contributed by atoms with Gasteiger partial charge in [-0.2, -0.15) is 9.61 Å². The molecule has 0 bridgehead atoms. The zero-order valence-electron chi connectivity index (χ0n) is 30.9. The minimum Gasteiger partial charge on any atom is -0.444 e. The van der Waals surface area contributed by atoms with Gasteiger partial charge in [-0.05, 0) is 105 Å². The number of nitrogens with zero attached hydrogens (tertiary/aromatic N) is 5. The first kappa shape index (κ1) is 37.2. The van der Waals surface area contributed by atoms with Gasteiger partial charge in [-0.25, -0.2) is 14.6 Å². The molecule has 0 aliphatic carbocycles. The highest BCUT2D eigenvalue weighted by atomic mass is 16.6. The molecule has 49 heavy (non-hydrogen) atoms. The van der Waals surface area contributed by atoms with Gasteiger partial charge in [0, 0.05) is 35.4 Å². The molecule has 1 aliphatic rings. The van der Waals surface area contributed by atoms with Crippen molar-refractivity contribution in [2.75, 3.05) is 22.1 Å². The molecule has 1 saturated heterocycles. The number of carbonyl (C=O) groups excluding carboxylic acids is 3. The van der Waals surface area contributed by atoms with Crippen LogP contribution in [0.25, 0.3) is 5.65 Å². The second-order valence-corrected chi connectivity index (χ2v) is 15.5. The van der Waals surface area contributed by atoms with E-state index < -0.39 is 17.3 Å². The predicted molar refractivity (Wildman–Crippen MR) is 193 cm³/mol. The van der Waals surface area contributed by atoms with E-state index in [9.17, 15) is 14.4 Å². The molecule has 1 unspecified atom stereocenters. The molecule has 1 fully saturated rings. The lowest BCUT2D eigenvalue weighted by Gasteiger charge is -2.45. The number of allylic oxidation sites excluding steroid dienone is 1. The number of anilines is 3. The van der Waals surface area contributed by atoms with E-state index in [4.69, 9.17) is 14.5 Å². The first-order valence-electron chi connectivity index (χ1n) is 17.0. The van der Waals surface area contributed by atoms with Crippen LogP contribution in [-0.2, 0) is 20.8 Å². The van der Waals surface area contributed by atoms with Crippen molar-refractivity contribution < 1.29 is 23.9 Å². The molecule has 2 aromatic heterocycles. The van der Waals surface area contributed by atoms with Gasteiger partial charge in [-0.3, -0.25) is 9.69 Å². The van der Waals surface area contributed by atoms with E-state index in [0.29, 0.717) is 29.5 Å². The topological polar surface area (TPSA) is 130 Å². The summed E-state index contributed by atoms with van der Waals surface area (Å²) in [5, 5.41) is 11.1. The molecule has 12 nitrogen and oxygen atoms in total. The van der Waals surface area contributed by atoms with Crippen molar-refractivity contribution in [1.82, 2.24) is 19.5 Å². The number of fused-ring (bicyclic) bond motifs is 1. The van der Waals surface area contributed by atoms with Crippen LogP contribution >= 0.6 is 0 Å². The second-order valence-electron chi connectivity index (χ2n) is 15.5. The number of aromatic nitrogens is 3. The lowest BCUT2D eigenvalue weighted by Crippen LogP contribution is -2.57. The Morgan fingerprint density at radius 2 is 1.78 bits per heavy atom. The highest BCUT2D eigenvalue weighted by Crippen LogP contribution is 2.33. The summed E-state index contributed by atoms with van der Waals surface area (Å²) < 4.78 is 13.3. The Morgan fingerprint density at radius 1 is 1.08 bits per heavy atom. The summed E-state index contributed by atoms with van der Waals surface area (Å²) in [5.74, 6) is 0.861. The van der Waals surface area contributed by atoms with Gasteiger partial charge in [0.15, 0.2) is 5.65 Å². The number of carbonyl (C=O) groups is 3. The van der Waals surface area contributed by atoms with Crippen molar-refractivity contribution in [2.45, 2.75) is 124 Å². The van der Waals surface area contributed by atoms with Crippen LogP contribution in [0.1, 0.15) is 106 Å². The number of amides is 3. The van der Waals surface area contributed by atoms with Crippen molar-refractivity contribution >= 4 is 41.1 Å². The standard InChI is InChI=1S/C37H53N7O5/c1-12-14-30(45)40-26-16-13-15-25(19-26)22-42(33(46)48-35(4,5)6)31-20-29(41-32-28(24(2)3)21-38-44(31)32)39-27-17-18-37(10,11)43(23-27)34(47)49-36(7,8)9/h12-16,19-21,24,27H,17-18,22-23H2,1-11H3,(H,39,41)(H,40,45). The number of hydrogen-bond donors (Lipinski definition) is 2. The summed E-state index contributed by atoms with van der Waals surface area (Å²) in [6, 6.07) is 9.01. The highest BCUT2D eigenvalue weighted by molar-refractivity contribution is 5.99. The number of ether oxygens (including phenoxy) is 2. The maximum absolute atomic E-state index is 14.0. The van der Waals surface area contributed by atoms with E-state index in [1.54, 1.807) is 40.7 Å². The van der Waals surface area contributed by atoms with Gasteiger partial charge in [0.2, 0.25) is 5.91 Å². The van der Waals surface area contributed by atoms with Crippen molar-refractivity contribution in [3.8, 4) is 0 Å². The van der Waals surface area contributed by atoms with Crippen molar-refractivity contribution in [2.24, 2.45) is 0 Å². The maximum atomic E-state index is 14.0. The molecule has 1 aromatic carbocycles. The summed E-state index contributed by atoms with van der Waals surface area (Å²) >= 11 is 0. The summed E-state index contributed by atoms with van der Waals surface area (Å²) in [6.45, 7) is 21.6. The molecule has 3 aromatic rings. The molecule has 0 radical (unpaired) electrons. The van der Waals surface area contributed by atoms with Crippen LogP contribution in [0.15, 0.2) is 48.7 Å². The first-order valence-corrected chi connectivity index (χ1v) is 17.0. The van der Waals surface area contributed by atoms with Crippen molar-refractivity contribution in [3.05, 3.63) is 59.8 Å². The van der Waals surface area contributed by atoms with Gasteiger partial charge in [0.1, 0.15) is 22.8 Å². The van der Waals surface area contributed by atoms with Crippen LogP contribution in [0, 0.1) is 0 Å². The zero-order chi connectivity index (χ0) is 36.3. The first-order chi connectivity index (χ1) is 22.8. The monoisotopic (exact) mass is 675 g/mol. The van der Waals surface area contributed by atoms with Gasteiger partial charge < -0.3 is 25.0 Å². The number of likely N-dealkylation sites (tertiary alicyclic amines) is 1. The van der Waals surface area contributed by atoms with E-state index in [-0.39, 0.29) is 36.0 Å². The normalized spacial score (nSPS) is 16.6. The van der Waals surface area contributed by atoms with E-state index >= 15 is 0 Å². The molecule has 0 spiro atoms. The summed E-state index contributed by atoms with van der Waals surface area (Å²) in [4.78, 5) is 47.8. The molecule has 1 aliphatic heterocycles. The third kappa shape index (κ3) is 9.73. The lowest BCUT2D eigenvalue weighted by atomic mass is 9.88. The largest absolute Gasteiger partial charge is 0.444 e. The molecule has 1 atom stereocenters. The van der Waals surface area contributed by atoms with Crippen LogP contribution in [0.2, 0.25) is 0 Å². The van der Waals surface area contributed by atoms with Crippen molar-refractivity contribution in [1.29, 1.82) is 0 Å². The molecule has 3 heterocycles. The Morgan fingerprint density at radius 3 is 2.41 bits per heavy atom. The Hall–Kier alpha value is -4.61. The molecule has 4 rings (SSSR count). The zero-order valence-corrected chi connectivity index (χ0v) is 30.9. The average molecular weight is 676 g/mol. The predicted octanol–water partition coefficient (Wildman–Crippen LogP) is 7.90. The van der Waals surface area contributed by atoms with E-state index in [1.165, 1.54) is 11.0 Å². The highest BCUT2D eigenvalue weighted by Gasteiger charge is 2.40. The molecular formula is C37H53N7O5. The van der Waals surface area contributed by atoms with E-state index in [2.05, 4.69) is 43.4 Å². The lowest BCUT2D eigenvalue weighted by molar-refractivity contribution is -0.111. The molecule has 12 heteroatoms. The smallest absolute Gasteiger partial charge is 0.416 e. The SMILES string of the molecule is CC=CC(=O)Nc1cccc(CN(C(=O)OC(C)(C)C)c2cc(NC3CCC(C)(C)N(C(=O)OC(C)(C)C)C3)nc3c(C(C)C)cnn23)c1. The van der Waals surface area contributed by atoms with Crippen LogP contribution in [0.5, 0.6) is 0 Å². The summed E-state index contributed by atoms with van der Waals surface area (Å²) in [6.07, 6.45) is 5.53. The van der Waals surface area contributed by atoms with Gasteiger partial charge in [0.25, 0.3) is 0 Å². The van der Waals surface area contributed by atoms with E-state index in [1.807, 2.05) is 59.7 Å². The summed E-state index contributed by atoms with van der Waals surface area (Å²) in [5.41, 5.74) is 1.13. The van der Waals surface area contributed by atoms with Gasteiger partial charge >= 0.3 is 12.2 Å². The van der Waals surface area contributed by atoms with Crippen LogP contribution in [0.4, 0.5) is 26.9 Å². The van der Waals surface area contributed by atoms with Crippen LogP contribution < -0.4 is 15.5 Å². The fraction of sp³-hybridized carbons (Fsp3) is 0.541. The molecule has 0 saturated carbocycles. The molecule has 266 valence electrons. The summed E-state index contributed by atoms with van der Waals surface area (Å²) in [7, 11) is 0. The van der Waals surface area contributed by atoms with Crippen LogP contribution in [0.3, 0.4) is 0 Å². The molecule has 3 amide bonds. The number of nitrogens with one attached hydrogen (secondary N) is 2. The number of benzene rings is 1. The third-order valence-electron chi connectivity index (χ3n) is 8.05. The quantitative estimate of drug-likeness (QED) is 0.231. The van der Waals surface area contributed by atoms with Gasteiger partial charge in [-0.1, -0.05) is 32.1 Å². The Kier molecular flexibility index (Phi) is 11.0.